The van der Waals surface area contributed by atoms with Crippen LogP contribution in [-0.2, 0) is 19.5 Å². The second-order valence-corrected chi connectivity index (χ2v) is 9.47. The number of carbonyl (C=O) groups is 1. The third kappa shape index (κ3) is 3.99. The lowest BCUT2D eigenvalue weighted by molar-refractivity contribution is 0.0130. The highest BCUT2D eigenvalue weighted by atomic mass is 19.3. The normalized spacial score (nSPS) is 16.8. The molecule has 2 N–H and O–H groups in total. The van der Waals surface area contributed by atoms with E-state index >= 15 is 0 Å². The number of nitrogens with zero attached hydrogens (tertiary/aromatic N) is 5. The predicted octanol–water partition coefficient (Wildman–Crippen LogP) is 4.29. The molecule has 1 aliphatic rings. The van der Waals surface area contributed by atoms with E-state index in [0.29, 0.717) is 47.9 Å². The molecule has 1 aliphatic heterocycles. The van der Waals surface area contributed by atoms with Crippen molar-refractivity contribution in [1.82, 2.24) is 24.0 Å². The Bertz CT molecular complexity index is 1470. The lowest BCUT2D eigenvalue weighted by Crippen LogP contribution is -2.45. The van der Waals surface area contributed by atoms with Crippen molar-refractivity contribution in [1.29, 1.82) is 0 Å². The van der Waals surface area contributed by atoms with Crippen molar-refractivity contribution in [2.75, 3.05) is 20.2 Å². The molecule has 0 bridgehead atoms. The second-order valence-electron chi connectivity index (χ2n) is 9.47. The summed E-state index contributed by atoms with van der Waals surface area (Å²) >= 11 is 0. The summed E-state index contributed by atoms with van der Waals surface area (Å²) < 4.78 is 37.3. The lowest BCUT2D eigenvalue weighted by Gasteiger charge is -2.30. The first kappa shape index (κ1) is 24.2. The maximum atomic E-state index is 14.0. The number of pyridine rings is 1. The molecule has 1 amide bonds. The number of ether oxygens (including phenoxy) is 1. The van der Waals surface area contributed by atoms with Gasteiger partial charge in [-0.15, -0.1) is 0 Å². The molecule has 10 heteroatoms. The van der Waals surface area contributed by atoms with E-state index in [-0.39, 0.29) is 17.6 Å². The first-order valence-electron chi connectivity index (χ1n) is 12.1. The fraction of sp³-hybridized carbons (Fsp3) is 0.423. The van der Waals surface area contributed by atoms with E-state index in [1.54, 1.807) is 30.2 Å². The van der Waals surface area contributed by atoms with E-state index in [1.165, 1.54) is 6.07 Å². The predicted molar refractivity (Wildman–Crippen MR) is 134 cm³/mol. The molecule has 0 aliphatic carbocycles. The van der Waals surface area contributed by atoms with E-state index in [0.717, 1.165) is 36.4 Å². The Balaban J connectivity index is 1.64. The number of rotatable bonds is 5. The highest BCUT2D eigenvalue weighted by Crippen LogP contribution is 2.35. The van der Waals surface area contributed by atoms with Crippen LogP contribution in [0.15, 0.2) is 30.3 Å². The van der Waals surface area contributed by atoms with Crippen molar-refractivity contribution in [2.45, 2.75) is 45.2 Å². The summed E-state index contributed by atoms with van der Waals surface area (Å²) in [4.78, 5) is 24.2. The Hall–Kier alpha value is -3.53. The molecule has 1 aromatic carbocycles. The highest BCUT2D eigenvalue weighted by Gasteiger charge is 2.28. The van der Waals surface area contributed by atoms with Crippen LogP contribution in [-0.4, -0.2) is 56.2 Å². The van der Waals surface area contributed by atoms with Gasteiger partial charge in [0.15, 0.2) is 5.82 Å². The van der Waals surface area contributed by atoms with Crippen LogP contribution in [0.2, 0.25) is 0 Å². The minimum Gasteiger partial charge on any atom is -0.494 e. The van der Waals surface area contributed by atoms with Gasteiger partial charge < -0.3 is 24.5 Å². The highest BCUT2D eigenvalue weighted by molar-refractivity contribution is 6.00. The summed E-state index contributed by atoms with van der Waals surface area (Å²) in [5, 5.41) is 0.746. The van der Waals surface area contributed by atoms with E-state index in [2.05, 4.69) is 4.98 Å². The Morgan fingerprint density at radius 1 is 1.25 bits per heavy atom. The van der Waals surface area contributed by atoms with Gasteiger partial charge in [0, 0.05) is 50.6 Å². The third-order valence-corrected chi connectivity index (χ3v) is 6.89. The molecule has 1 saturated heterocycles. The molecule has 1 fully saturated rings. The molecule has 190 valence electrons. The number of fused-ring (bicyclic) bond motifs is 2. The molecule has 0 unspecified atom stereocenters. The maximum Gasteiger partial charge on any atom is 0.287 e. The van der Waals surface area contributed by atoms with Gasteiger partial charge in [-0.05, 0) is 50.1 Å². The zero-order valence-corrected chi connectivity index (χ0v) is 20.9. The van der Waals surface area contributed by atoms with Crippen LogP contribution in [0.5, 0.6) is 5.75 Å². The average Bonchev–Trinajstić information content (AvgIpc) is 3.38. The van der Waals surface area contributed by atoms with Gasteiger partial charge in [0.1, 0.15) is 22.6 Å². The van der Waals surface area contributed by atoms with Gasteiger partial charge >= 0.3 is 0 Å². The monoisotopic (exact) mass is 496 g/mol. The molecule has 0 saturated carbocycles. The number of likely N-dealkylation sites (tertiary alicyclic amines) is 1. The number of alkyl halides is 2. The van der Waals surface area contributed by atoms with Gasteiger partial charge in [-0.3, -0.25) is 4.79 Å². The largest absolute Gasteiger partial charge is 0.494 e. The summed E-state index contributed by atoms with van der Waals surface area (Å²) in [7, 11) is 3.43. The maximum absolute atomic E-state index is 14.0. The fourth-order valence-electron chi connectivity index (χ4n) is 5.07. The number of methoxy groups -OCH3 is 1. The zero-order chi connectivity index (χ0) is 25.8. The quantitative estimate of drug-likeness (QED) is 0.445. The number of aromatic nitrogens is 4. The van der Waals surface area contributed by atoms with Crippen molar-refractivity contribution in [3.05, 3.63) is 41.6 Å². The molecule has 4 aromatic rings. The van der Waals surface area contributed by atoms with Gasteiger partial charge in [0.25, 0.3) is 11.8 Å². The summed E-state index contributed by atoms with van der Waals surface area (Å²) in [6, 6.07) is 8.41. The van der Waals surface area contributed by atoms with Crippen molar-refractivity contribution >= 4 is 28.0 Å². The minimum absolute atomic E-state index is 0.0208. The van der Waals surface area contributed by atoms with Crippen LogP contribution < -0.4 is 10.5 Å². The molecule has 3 aromatic heterocycles. The Kier molecular flexibility index (Phi) is 5.94. The standard InChI is InChI=1S/C26H30F2N6O2/c1-5-34-19(12-15-8-9-21(26(2,27)28)31-23(15)34)24-30-18-11-16(13-20(36-4)22(18)32(24)3)25(35)33-10-6-7-17(29)14-33/h8-9,11-13,17H,5-7,10,14,29H2,1-4H3/t17-/m1/s1. The van der Waals surface area contributed by atoms with Gasteiger partial charge in [0.2, 0.25) is 0 Å². The van der Waals surface area contributed by atoms with E-state index < -0.39 is 5.92 Å². The van der Waals surface area contributed by atoms with Crippen LogP contribution in [0.3, 0.4) is 0 Å². The summed E-state index contributed by atoms with van der Waals surface area (Å²) in [5.41, 5.74) is 8.86. The lowest BCUT2D eigenvalue weighted by atomic mass is 10.0. The van der Waals surface area contributed by atoms with Crippen LogP contribution in [0.1, 0.15) is 42.7 Å². The number of benzene rings is 1. The number of hydrogen-bond donors (Lipinski definition) is 1. The SMILES string of the molecule is CCn1c(-c2nc3cc(C(=O)N4CCC[C@@H](N)C4)cc(OC)c3n2C)cc2ccc(C(C)(F)F)nc21. The van der Waals surface area contributed by atoms with E-state index in [9.17, 15) is 13.6 Å². The number of piperidine rings is 1. The van der Waals surface area contributed by atoms with Crippen LogP contribution in [0.4, 0.5) is 8.78 Å². The summed E-state index contributed by atoms with van der Waals surface area (Å²) in [6.07, 6.45) is 1.79. The molecule has 4 heterocycles. The first-order chi connectivity index (χ1) is 17.1. The zero-order valence-electron chi connectivity index (χ0n) is 20.9. The Morgan fingerprint density at radius 2 is 2.03 bits per heavy atom. The van der Waals surface area contributed by atoms with Crippen molar-refractivity contribution in [3.63, 3.8) is 0 Å². The van der Waals surface area contributed by atoms with Crippen LogP contribution >= 0.6 is 0 Å². The molecule has 0 radical (unpaired) electrons. The van der Waals surface area contributed by atoms with Crippen LogP contribution in [0, 0.1) is 0 Å². The van der Waals surface area contributed by atoms with E-state index in [4.69, 9.17) is 15.5 Å². The van der Waals surface area contributed by atoms with Crippen molar-refractivity contribution < 1.29 is 18.3 Å². The summed E-state index contributed by atoms with van der Waals surface area (Å²) in [5.74, 6) is -1.98. The average molecular weight is 497 g/mol. The topological polar surface area (TPSA) is 91.2 Å². The third-order valence-electron chi connectivity index (χ3n) is 6.89. The van der Waals surface area contributed by atoms with Gasteiger partial charge in [0.05, 0.1) is 18.3 Å². The smallest absolute Gasteiger partial charge is 0.287 e. The van der Waals surface area contributed by atoms with Gasteiger partial charge in [-0.1, -0.05) is 0 Å². The number of nitrogens with two attached hydrogens (primary N) is 1. The van der Waals surface area contributed by atoms with Crippen molar-refractivity contribution in [3.8, 4) is 17.3 Å². The number of hydrogen-bond acceptors (Lipinski definition) is 5. The van der Waals surface area contributed by atoms with Gasteiger partial charge in [-0.2, -0.15) is 8.78 Å². The molecule has 8 nitrogen and oxygen atoms in total. The summed E-state index contributed by atoms with van der Waals surface area (Å²) in [6.45, 7) is 4.49. The molecule has 0 spiro atoms. The fourth-order valence-corrected chi connectivity index (χ4v) is 5.07. The molecule has 1 atom stereocenters. The first-order valence-corrected chi connectivity index (χ1v) is 12.1. The Morgan fingerprint density at radius 3 is 2.69 bits per heavy atom. The van der Waals surface area contributed by atoms with Gasteiger partial charge in [-0.25, -0.2) is 9.97 Å². The number of amides is 1. The number of carbonyl (C=O) groups excluding carboxylic acids is 1. The minimum atomic E-state index is -3.04. The number of aryl methyl sites for hydroxylation is 2. The molecular formula is C26H30F2N6O2. The van der Waals surface area contributed by atoms with Crippen LogP contribution in [0.25, 0.3) is 33.6 Å². The van der Waals surface area contributed by atoms with E-state index in [1.807, 2.05) is 29.2 Å². The molecule has 5 rings (SSSR count). The number of imidazole rings is 1. The number of halogens is 2. The Labute approximate surface area is 207 Å². The molecule has 36 heavy (non-hydrogen) atoms. The second kappa shape index (κ2) is 8.85. The molecular weight excluding hydrogens is 466 g/mol. The van der Waals surface area contributed by atoms with Crippen molar-refractivity contribution in [2.24, 2.45) is 12.8 Å².